The molecule has 4 rings (SSSR count). The molecule has 0 amide bonds. The summed E-state index contributed by atoms with van der Waals surface area (Å²) in [4.78, 5) is 3.00. The number of fused-ring (bicyclic) bond motifs is 1. The number of para-hydroxylation sites is 1. The van der Waals surface area contributed by atoms with Gasteiger partial charge in [-0.1, -0.05) is 18.2 Å². The van der Waals surface area contributed by atoms with Gasteiger partial charge in [-0.3, -0.25) is 4.57 Å². The van der Waals surface area contributed by atoms with Crippen LogP contribution in [0.2, 0.25) is 0 Å². The molecule has 3 aromatic rings. The van der Waals surface area contributed by atoms with Crippen LogP contribution in [0.4, 0.5) is 0 Å². The number of benzene rings is 1. The summed E-state index contributed by atoms with van der Waals surface area (Å²) in [7, 11) is 1.68. The Morgan fingerprint density at radius 1 is 1.39 bits per heavy atom. The monoisotopic (exact) mass is 413 g/mol. The van der Waals surface area contributed by atoms with E-state index in [9.17, 15) is 0 Å². The molecule has 0 fully saturated rings. The molecule has 0 aliphatic carbocycles. The van der Waals surface area contributed by atoms with Gasteiger partial charge in [0.1, 0.15) is 11.8 Å². The Kier molecular flexibility index (Phi) is 5.48. The Balaban J connectivity index is 1.71. The smallest absolute Gasteiger partial charge is 0.203 e. The summed E-state index contributed by atoms with van der Waals surface area (Å²) < 4.78 is 10.3. The number of rotatable bonds is 6. The van der Waals surface area contributed by atoms with Gasteiger partial charge in [-0.25, -0.2) is 0 Å². The number of quaternary nitrogens is 1. The number of nitrogens with one attached hydrogen (secondary N) is 1. The molecule has 1 aliphatic rings. The van der Waals surface area contributed by atoms with Crippen molar-refractivity contribution in [1.29, 1.82) is 0 Å². The van der Waals surface area contributed by atoms with E-state index in [1.54, 1.807) is 7.11 Å². The standard InChI is InChI=1S/C21H24N4OS2/c1-4-11-24-20(17-7-5-6-8-18(17)26-3)22-25(21(24)27)14-23-12-9-19-16(15(23)2)10-13-28-19/h4-8,10,13,15H,1,9,11-12,14H2,2-3H3/p+1/t15-/m0/s1. The summed E-state index contributed by atoms with van der Waals surface area (Å²) in [6, 6.07) is 10.6. The van der Waals surface area contributed by atoms with Gasteiger partial charge in [-0.05, 0) is 42.7 Å². The van der Waals surface area contributed by atoms with Gasteiger partial charge in [0, 0.05) is 23.4 Å². The minimum absolute atomic E-state index is 0.441. The summed E-state index contributed by atoms with van der Waals surface area (Å²) in [6.07, 6.45) is 2.97. The van der Waals surface area contributed by atoms with Gasteiger partial charge >= 0.3 is 0 Å². The van der Waals surface area contributed by atoms with Crippen molar-refractivity contribution in [1.82, 2.24) is 14.3 Å². The quantitative estimate of drug-likeness (QED) is 0.496. The first-order chi connectivity index (χ1) is 13.6. The van der Waals surface area contributed by atoms with Crippen LogP contribution in [-0.4, -0.2) is 28.0 Å². The van der Waals surface area contributed by atoms with E-state index in [1.165, 1.54) is 15.3 Å². The highest BCUT2D eigenvalue weighted by molar-refractivity contribution is 7.71. The van der Waals surface area contributed by atoms with Gasteiger partial charge in [0.2, 0.25) is 4.77 Å². The van der Waals surface area contributed by atoms with Gasteiger partial charge < -0.3 is 9.64 Å². The van der Waals surface area contributed by atoms with Crippen LogP contribution in [-0.2, 0) is 19.6 Å². The third-order valence-electron chi connectivity index (χ3n) is 5.47. The Morgan fingerprint density at radius 2 is 2.21 bits per heavy atom. The van der Waals surface area contributed by atoms with Crippen molar-refractivity contribution in [3.05, 3.63) is 63.6 Å². The molecule has 0 spiro atoms. The van der Waals surface area contributed by atoms with Crippen LogP contribution < -0.4 is 9.64 Å². The maximum Gasteiger partial charge on any atom is 0.203 e. The van der Waals surface area contributed by atoms with E-state index in [4.69, 9.17) is 22.1 Å². The summed E-state index contributed by atoms with van der Waals surface area (Å²) in [5.41, 5.74) is 2.41. The number of hydrogen-bond acceptors (Lipinski definition) is 4. The van der Waals surface area contributed by atoms with Gasteiger partial charge in [0.05, 0.1) is 19.2 Å². The molecule has 5 nitrogen and oxygen atoms in total. The van der Waals surface area contributed by atoms with Crippen LogP contribution in [0.5, 0.6) is 5.75 Å². The molecule has 0 radical (unpaired) electrons. The van der Waals surface area contributed by atoms with Crippen molar-refractivity contribution >= 4 is 23.6 Å². The summed E-state index contributed by atoms with van der Waals surface area (Å²) in [5.74, 6) is 1.61. The van der Waals surface area contributed by atoms with Crippen molar-refractivity contribution in [2.24, 2.45) is 0 Å². The van der Waals surface area contributed by atoms with Crippen molar-refractivity contribution in [3.63, 3.8) is 0 Å². The highest BCUT2D eigenvalue weighted by Crippen LogP contribution is 2.29. The van der Waals surface area contributed by atoms with E-state index in [-0.39, 0.29) is 0 Å². The molecular formula is C21H25N4OS2+. The van der Waals surface area contributed by atoms with Crippen LogP contribution in [0.15, 0.2) is 48.4 Å². The van der Waals surface area contributed by atoms with Gasteiger partial charge in [0.25, 0.3) is 0 Å². The minimum Gasteiger partial charge on any atom is -0.496 e. The first-order valence-corrected chi connectivity index (χ1v) is 10.8. The van der Waals surface area contributed by atoms with E-state index in [2.05, 4.69) is 24.9 Å². The number of aromatic nitrogens is 3. The summed E-state index contributed by atoms with van der Waals surface area (Å²) in [5, 5.41) is 7.11. The SMILES string of the molecule is C=CCn1c(-c2ccccc2OC)nn(C[NH+]2CCc3sccc3[C@@H]2C)c1=S. The molecule has 1 aromatic carbocycles. The molecule has 2 aromatic heterocycles. The fourth-order valence-corrected chi connectivity index (χ4v) is 5.17. The zero-order chi connectivity index (χ0) is 19.7. The lowest BCUT2D eigenvalue weighted by Gasteiger charge is -2.30. The number of thiophene rings is 1. The zero-order valence-corrected chi connectivity index (χ0v) is 17.9. The molecule has 0 saturated heterocycles. The Bertz CT molecular complexity index is 1050. The molecule has 3 heterocycles. The lowest BCUT2D eigenvalue weighted by atomic mass is 10.0. The van der Waals surface area contributed by atoms with Gasteiger partial charge in [-0.2, -0.15) is 4.68 Å². The van der Waals surface area contributed by atoms with E-state index in [0.29, 0.717) is 12.6 Å². The molecule has 0 saturated carbocycles. The predicted octanol–water partition coefficient (Wildman–Crippen LogP) is 3.50. The van der Waals surface area contributed by atoms with Crippen LogP contribution >= 0.6 is 23.6 Å². The average molecular weight is 414 g/mol. The number of hydrogen-bond donors (Lipinski definition) is 1. The fourth-order valence-electron chi connectivity index (χ4n) is 3.92. The highest BCUT2D eigenvalue weighted by atomic mass is 32.1. The van der Waals surface area contributed by atoms with E-state index in [1.807, 2.05) is 50.9 Å². The first-order valence-electron chi connectivity index (χ1n) is 9.46. The highest BCUT2D eigenvalue weighted by Gasteiger charge is 2.29. The van der Waals surface area contributed by atoms with E-state index < -0.39 is 0 Å². The number of nitrogens with zero attached hydrogens (tertiary/aromatic N) is 3. The Morgan fingerprint density at radius 3 is 3.00 bits per heavy atom. The maximum absolute atomic E-state index is 5.79. The van der Waals surface area contributed by atoms with Crippen LogP contribution in [0.1, 0.15) is 23.4 Å². The number of methoxy groups -OCH3 is 1. The molecule has 2 atom stereocenters. The molecule has 0 bridgehead atoms. The second-order valence-electron chi connectivity index (χ2n) is 7.04. The summed E-state index contributed by atoms with van der Waals surface area (Å²) >= 11 is 7.66. The van der Waals surface area contributed by atoms with Gasteiger partial charge in [-0.15, -0.1) is 23.0 Å². The lowest BCUT2D eigenvalue weighted by molar-refractivity contribution is -0.954. The zero-order valence-electron chi connectivity index (χ0n) is 16.2. The minimum atomic E-state index is 0.441. The van der Waals surface area contributed by atoms with Crippen LogP contribution in [0.3, 0.4) is 0 Å². The van der Waals surface area contributed by atoms with E-state index in [0.717, 1.165) is 41.5 Å². The number of allylic oxidation sites excluding steroid dienone is 1. The van der Waals surface area contributed by atoms with Crippen molar-refractivity contribution in [2.45, 2.75) is 32.6 Å². The van der Waals surface area contributed by atoms with Crippen molar-refractivity contribution in [2.75, 3.05) is 13.7 Å². The maximum atomic E-state index is 5.79. The van der Waals surface area contributed by atoms with Gasteiger partial charge in [0.15, 0.2) is 12.5 Å². The molecule has 7 heteroatoms. The summed E-state index contributed by atoms with van der Waals surface area (Å²) in [6.45, 7) is 8.65. The largest absolute Gasteiger partial charge is 0.496 e. The van der Waals surface area contributed by atoms with Crippen LogP contribution in [0, 0.1) is 4.77 Å². The third kappa shape index (κ3) is 3.34. The number of ether oxygens (including phenoxy) is 1. The molecule has 1 aliphatic heterocycles. The Hall–Kier alpha value is -2.22. The second kappa shape index (κ2) is 8.03. The second-order valence-corrected chi connectivity index (χ2v) is 8.41. The average Bonchev–Trinajstić information content (AvgIpc) is 3.31. The first kappa shape index (κ1) is 19.1. The fraction of sp³-hybridized carbons (Fsp3) is 0.333. The normalized spacial score (nSPS) is 18.6. The molecule has 28 heavy (non-hydrogen) atoms. The van der Waals surface area contributed by atoms with Crippen LogP contribution in [0.25, 0.3) is 11.4 Å². The lowest BCUT2D eigenvalue weighted by Crippen LogP contribution is -3.12. The topological polar surface area (TPSA) is 36.4 Å². The van der Waals surface area contributed by atoms with E-state index >= 15 is 0 Å². The predicted molar refractivity (Wildman–Crippen MR) is 116 cm³/mol. The molecular weight excluding hydrogens is 388 g/mol. The van der Waals surface area contributed by atoms with Crippen molar-refractivity contribution in [3.8, 4) is 17.1 Å². The third-order valence-corrected chi connectivity index (χ3v) is 6.89. The van der Waals surface area contributed by atoms with Crippen molar-refractivity contribution < 1.29 is 9.64 Å². The molecule has 1 N–H and O–H groups in total. The molecule has 146 valence electrons. The molecule has 1 unspecified atom stereocenters. The Labute approximate surface area is 174 Å².